The van der Waals surface area contributed by atoms with Crippen molar-refractivity contribution >= 4 is 29.9 Å². The number of guanidine groups is 1. The third-order valence-corrected chi connectivity index (χ3v) is 3.85. The molecule has 0 bridgehead atoms. The van der Waals surface area contributed by atoms with Crippen LogP contribution in [0.5, 0.6) is 0 Å². The van der Waals surface area contributed by atoms with E-state index in [2.05, 4.69) is 55.3 Å². The molecule has 0 spiro atoms. The van der Waals surface area contributed by atoms with E-state index in [-0.39, 0.29) is 41.6 Å². The normalized spacial score (nSPS) is 21.5. The molecule has 0 radical (unpaired) electrons. The van der Waals surface area contributed by atoms with Crippen molar-refractivity contribution in [3.05, 3.63) is 0 Å². The highest BCUT2D eigenvalue weighted by Gasteiger charge is 2.24. The summed E-state index contributed by atoms with van der Waals surface area (Å²) in [6, 6.07) is 0. The number of likely N-dealkylation sites (N-methyl/N-ethyl adjacent to an activating group) is 1. The number of hydrogen-bond donors (Lipinski definition) is 2. The Labute approximate surface area is 158 Å². The molecule has 6 nitrogen and oxygen atoms in total. The third kappa shape index (κ3) is 9.07. The van der Waals surface area contributed by atoms with E-state index in [0.29, 0.717) is 6.54 Å². The number of nitrogens with zero attached hydrogens (tertiary/aromatic N) is 2. The summed E-state index contributed by atoms with van der Waals surface area (Å²) in [5.74, 6) is 0.825. The van der Waals surface area contributed by atoms with Crippen LogP contribution in [0.25, 0.3) is 0 Å². The van der Waals surface area contributed by atoms with Gasteiger partial charge in [-0.05, 0) is 19.4 Å². The Morgan fingerprint density at radius 1 is 1.39 bits per heavy atom. The van der Waals surface area contributed by atoms with Crippen LogP contribution in [0.15, 0.2) is 4.99 Å². The molecular formula is C16H35IN4O2. The van der Waals surface area contributed by atoms with Gasteiger partial charge in [0.25, 0.3) is 0 Å². The maximum absolute atomic E-state index is 5.77. The molecule has 0 amide bonds. The summed E-state index contributed by atoms with van der Waals surface area (Å²) in [6.07, 6.45) is 0.309. The summed E-state index contributed by atoms with van der Waals surface area (Å²) in [6.45, 7) is 13.6. The number of aliphatic imine (C=N–C) groups is 1. The average molecular weight is 442 g/mol. The van der Waals surface area contributed by atoms with Crippen molar-refractivity contribution in [3.63, 3.8) is 0 Å². The predicted octanol–water partition coefficient (Wildman–Crippen LogP) is 1.55. The molecule has 2 atom stereocenters. The molecule has 0 aromatic carbocycles. The highest BCUT2D eigenvalue weighted by molar-refractivity contribution is 14.0. The second-order valence-corrected chi connectivity index (χ2v) is 6.95. The van der Waals surface area contributed by atoms with E-state index < -0.39 is 0 Å². The number of ether oxygens (including phenoxy) is 2. The van der Waals surface area contributed by atoms with Gasteiger partial charge in [0.1, 0.15) is 0 Å². The minimum Gasteiger partial charge on any atom is -0.379 e. The fourth-order valence-electron chi connectivity index (χ4n) is 2.42. The Hall–Kier alpha value is -0.120. The van der Waals surface area contributed by atoms with Gasteiger partial charge in [-0.15, -0.1) is 24.0 Å². The van der Waals surface area contributed by atoms with Crippen LogP contribution in [-0.2, 0) is 9.47 Å². The first-order valence-electron chi connectivity index (χ1n) is 8.22. The van der Waals surface area contributed by atoms with E-state index in [4.69, 9.17) is 9.47 Å². The Balaban J connectivity index is 0.00000484. The molecular weight excluding hydrogens is 407 g/mol. The lowest BCUT2D eigenvalue weighted by molar-refractivity contribution is -0.0161. The highest BCUT2D eigenvalue weighted by atomic mass is 127. The lowest BCUT2D eigenvalue weighted by Crippen LogP contribution is -2.48. The Bertz CT molecular complexity index is 347. The summed E-state index contributed by atoms with van der Waals surface area (Å²) >= 11 is 0. The number of methoxy groups -OCH3 is 1. The summed E-state index contributed by atoms with van der Waals surface area (Å²) in [7, 11) is 3.87. The fraction of sp³-hybridized carbons (Fsp3) is 0.938. The van der Waals surface area contributed by atoms with Crippen molar-refractivity contribution in [1.29, 1.82) is 0 Å². The number of morpholine rings is 1. The van der Waals surface area contributed by atoms with Crippen LogP contribution >= 0.6 is 24.0 Å². The zero-order valence-electron chi connectivity index (χ0n) is 15.5. The largest absolute Gasteiger partial charge is 0.379 e. The monoisotopic (exact) mass is 442 g/mol. The van der Waals surface area contributed by atoms with Gasteiger partial charge in [-0.3, -0.25) is 4.99 Å². The first kappa shape index (κ1) is 22.9. The van der Waals surface area contributed by atoms with E-state index in [1.54, 1.807) is 7.11 Å². The highest BCUT2D eigenvalue weighted by Crippen LogP contribution is 2.21. The molecule has 1 rings (SSSR count). The van der Waals surface area contributed by atoms with E-state index in [9.17, 15) is 0 Å². The van der Waals surface area contributed by atoms with Gasteiger partial charge in [0, 0.05) is 33.3 Å². The summed E-state index contributed by atoms with van der Waals surface area (Å²) in [5.41, 5.74) is 0.0742. The van der Waals surface area contributed by atoms with Crippen LogP contribution in [0.3, 0.4) is 0 Å². The summed E-state index contributed by atoms with van der Waals surface area (Å²) in [4.78, 5) is 6.95. The van der Waals surface area contributed by atoms with Crippen LogP contribution in [0.1, 0.15) is 27.7 Å². The molecule has 138 valence electrons. The molecule has 0 aromatic rings. The second-order valence-electron chi connectivity index (χ2n) is 6.95. The summed E-state index contributed by atoms with van der Waals surface area (Å²) in [5, 5.41) is 6.65. The Kier molecular flexibility index (Phi) is 11.4. The Morgan fingerprint density at radius 3 is 2.61 bits per heavy atom. The van der Waals surface area contributed by atoms with Crippen molar-refractivity contribution in [1.82, 2.24) is 15.5 Å². The van der Waals surface area contributed by atoms with Gasteiger partial charge in [-0.25, -0.2) is 0 Å². The minimum atomic E-state index is 0. The van der Waals surface area contributed by atoms with E-state index in [0.717, 1.165) is 38.7 Å². The number of rotatable bonds is 6. The zero-order valence-corrected chi connectivity index (χ0v) is 17.8. The molecule has 23 heavy (non-hydrogen) atoms. The van der Waals surface area contributed by atoms with Crippen LogP contribution in [0.2, 0.25) is 0 Å². The molecule has 0 saturated carbocycles. The van der Waals surface area contributed by atoms with Crippen LogP contribution in [-0.4, -0.2) is 76.6 Å². The molecule has 0 aromatic heterocycles. The molecule has 1 saturated heterocycles. The molecule has 2 unspecified atom stereocenters. The van der Waals surface area contributed by atoms with Gasteiger partial charge < -0.3 is 25.0 Å². The second kappa shape index (κ2) is 11.4. The van der Waals surface area contributed by atoms with E-state index >= 15 is 0 Å². The number of halogens is 1. The Morgan fingerprint density at radius 2 is 2.09 bits per heavy atom. The summed E-state index contributed by atoms with van der Waals surface area (Å²) < 4.78 is 11.3. The number of nitrogens with one attached hydrogen (secondary N) is 2. The fourth-order valence-corrected chi connectivity index (χ4v) is 2.42. The van der Waals surface area contributed by atoms with Crippen molar-refractivity contribution in [2.24, 2.45) is 10.4 Å². The molecule has 0 aliphatic carbocycles. The van der Waals surface area contributed by atoms with E-state index in [1.165, 1.54) is 0 Å². The SMILES string of the molecule is CCNC(=NCC(OC)C(C)(C)C)NCC1CN(C)CCO1.I. The van der Waals surface area contributed by atoms with Gasteiger partial charge in [0.15, 0.2) is 5.96 Å². The quantitative estimate of drug-likeness (QED) is 0.372. The van der Waals surface area contributed by atoms with Crippen LogP contribution in [0, 0.1) is 5.41 Å². The first-order valence-corrected chi connectivity index (χ1v) is 8.22. The lowest BCUT2D eigenvalue weighted by atomic mass is 9.89. The zero-order chi connectivity index (χ0) is 16.6. The number of hydrogen-bond acceptors (Lipinski definition) is 4. The van der Waals surface area contributed by atoms with Gasteiger partial charge >= 0.3 is 0 Å². The van der Waals surface area contributed by atoms with Crippen molar-refractivity contribution in [2.75, 3.05) is 53.5 Å². The van der Waals surface area contributed by atoms with Gasteiger partial charge in [0.2, 0.25) is 0 Å². The lowest BCUT2D eigenvalue weighted by Gasteiger charge is -2.31. The maximum atomic E-state index is 5.77. The standard InChI is InChI=1S/C16H34N4O2.HI/c1-7-17-15(19-11-14(21-6)16(2,3)4)18-10-13-12-20(5)8-9-22-13;/h13-14H,7-12H2,1-6H3,(H2,17,18,19);1H. The predicted molar refractivity (Wildman–Crippen MR) is 107 cm³/mol. The van der Waals surface area contributed by atoms with Crippen LogP contribution < -0.4 is 10.6 Å². The van der Waals surface area contributed by atoms with Crippen molar-refractivity contribution in [3.8, 4) is 0 Å². The third-order valence-electron chi connectivity index (χ3n) is 3.85. The first-order chi connectivity index (χ1) is 10.4. The van der Waals surface area contributed by atoms with Crippen molar-refractivity contribution in [2.45, 2.75) is 39.9 Å². The molecule has 2 N–H and O–H groups in total. The van der Waals surface area contributed by atoms with Crippen LogP contribution in [0.4, 0.5) is 0 Å². The maximum Gasteiger partial charge on any atom is 0.191 e. The minimum absolute atomic E-state index is 0. The molecule has 7 heteroatoms. The van der Waals surface area contributed by atoms with Gasteiger partial charge in [-0.1, -0.05) is 20.8 Å². The van der Waals surface area contributed by atoms with Crippen molar-refractivity contribution < 1.29 is 9.47 Å². The average Bonchev–Trinajstić information content (AvgIpc) is 2.44. The smallest absolute Gasteiger partial charge is 0.191 e. The van der Waals surface area contributed by atoms with Gasteiger partial charge in [-0.2, -0.15) is 0 Å². The molecule has 1 heterocycles. The molecule has 1 aliphatic rings. The van der Waals surface area contributed by atoms with E-state index in [1.807, 2.05) is 0 Å². The molecule has 1 fully saturated rings. The topological polar surface area (TPSA) is 58.1 Å². The molecule has 1 aliphatic heterocycles. The van der Waals surface area contributed by atoms with Gasteiger partial charge in [0.05, 0.1) is 25.4 Å².